The van der Waals surface area contributed by atoms with Crippen molar-refractivity contribution in [3.63, 3.8) is 0 Å². The van der Waals surface area contributed by atoms with Crippen LogP contribution in [0.25, 0.3) is 5.69 Å². The van der Waals surface area contributed by atoms with E-state index in [4.69, 9.17) is 42.5 Å². The number of hydrogen-bond acceptors (Lipinski definition) is 9. The lowest BCUT2D eigenvalue weighted by atomic mass is 9.94. The molecular weight excluding hydrogens is 721 g/mol. The molecule has 0 fully saturated rings. The van der Waals surface area contributed by atoms with Crippen LogP contribution in [0, 0.1) is 0 Å². The number of pyridine rings is 1. The molecule has 0 aliphatic carbocycles. The molecule has 3 aromatic heterocycles. The maximum atomic E-state index is 14.6. The molecule has 0 bridgehead atoms. The first-order valence-electron chi connectivity index (χ1n) is 16.7. The van der Waals surface area contributed by atoms with E-state index in [0.29, 0.717) is 33.4 Å². The highest BCUT2D eigenvalue weighted by Crippen LogP contribution is 2.46. The van der Waals surface area contributed by atoms with Gasteiger partial charge in [0.05, 0.1) is 44.4 Å². The van der Waals surface area contributed by atoms with Gasteiger partial charge in [-0.2, -0.15) is 10.1 Å². The predicted molar refractivity (Wildman–Crippen MR) is 202 cm³/mol. The molecule has 5 aromatic rings. The van der Waals surface area contributed by atoms with Gasteiger partial charge < -0.3 is 18.8 Å². The molecule has 0 N–H and O–H groups in total. The van der Waals surface area contributed by atoms with Crippen LogP contribution in [0.15, 0.2) is 71.8 Å². The van der Waals surface area contributed by atoms with E-state index in [1.54, 1.807) is 55.8 Å². The maximum Gasteiger partial charge on any atom is 0.416 e. The Kier molecular flexibility index (Phi) is 10.3. The first-order valence-corrected chi connectivity index (χ1v) is 17.5. The number of carbonyl (C=O) groups is 2. The van der Waals surface area contributed by atoms with E-state index < -0.39 is 29.2 Å². The van der Waals surface area contributed by atoms with Gasteiger partial charge in [0.15, 0.2) is 5.69 Å². The quantitative estimate of drug-likeness (QED) is 0.150. The number of nitrogens with zero attached hydrogens (tertiary/aromatic N) is 7. The molecule has 6 rings (SSSR count). The molecular formula is C38H39Cl2N7O6. The summed E-state index contributed by atoms with van der Waals surface area (Å²) in [5.41, 5.74) is 2.76. The van der Waals surface area contributed by atoms with Crippen molar-refractivity contribution in [3.8, 4) is 17.3 Å². The van der Waals surface area contributed by atoms with Crippen LogP contribution in [0.4, 0.5) is 16.4 Å². The minimum Gasteiger partial charge on any atom is -0.497 e. The lowest BCUT2D eigenvalue weighted by molar-refractivity contribution is 0.0587. The second-order valence-corrected chi connectivity index (χ2v) is 14.6. The van der Waals surface area contributed by atoms with Crippen molar-refractivity contribution in [2.24, 2.45) is 0 Å². The van der Waals surface area contributed by atoms with Gasteiger partial charge in [-0.15, -0.1) is 0 Å². The molecule has 4 heterocycles. The molecule has 0 saturated heterocycles. The van der Waals surface area contributed by atoms with E-state index in [0.717, 1.165) is 11.1 Å². The second-order valence-electron chi connectivity index (χ2n) is 13.8. The Hall–Kier alpha value is -5.40. The Morgan fingerprint density at radius 1 is 1.00 bits per heavy atom. The van der Waals surface area contributed by atoms with E-state index >= 15 is 0 Å². The smallest absolute Gasteiger partial charge is 0.416 e. The molecule has 2 aromatic carbocycles. The molecule has 53 heavy (non-hydrogen) atoms. The lowest BCUT2D eigenvalue weighted by Crippen LogP contribution is -2.35. The van der Waals surface area contributed by atoms with Crippen LogP contribution < -0.4 is 24.8 Å². The van der Waals surface area contributed by atoms with E-state index in [9.17, 15) is 14.4 Å². The second kappa shape index (κ2) is 14.6. The Bertz CT molecular complexity index is 2250. The Labute approximate surface area is 316 Å². The van der Waals surface area contributed by atoms with Gasteiger partial charge in [0, 0.05) is 23.8 Å². The summed E-state index contributed by atoms with van der Waals surface area (Å²) < 4.78 is 19.5. The number of amides is 2. The maximum absolute atomic E-state index is 14.6. The first-order chi connectivity index (χ1) is 25.1. The molecule has 276 valence electrons. The van der Waals surface area contributed by atoms with Crippen LogP contribution in [-0.4, -0.2) is 63.2 Å². The highest BCUT2D eigenvalue weighted by molar-refractivity contribution is 6.31. The number of ether oxygens (including phenoxy) is 3. The minimum absolute atomic E-state index is 0.0457. The van der Waals surface area contributed by atoms with Crippen molar-refractivity contribution in [3.05, 3.63) is 115 Å². The summed E-state index contributed by atoms with van der Waals surface area (Å²) in [6.07, 6.45) is 2.48. The fourth-order valence-electron chi connectivity index (χ4n) is 6.18. The number of hydrogen-bond donors (Lipinski definition) is 0. The molecule has 15 heteroatoms. The average molecular weight is 761 g/mol. The van der Waals surface area contributed by atoms with Crippen molar-refractivity contribution >= 4 is 46.8 Å². The van der Waals surface area contributed by atoms with Gasteiger partial charge in [0.1, 0.15) is 22.1 Å². The van der Waals surface area contributed by atoms with Gasteiger partial charge in [-0.25, -0.2) is 19.4 Å². The number of halogens is 2. The van der Waals surface area contributed by atoms with Crippen LogP contribution in [0.3, 0.4) is 0 Å². The number of anilines is 2. The Morgan fingerprint density at radius 2 is 1.68 bits per heavy atom. The first kappa shape index (κ1) is 37.4. The highest BCUT2D eigenvalue weighted by Gasteiger charge is 2.45. The number of carbonyl (C=O) groups excluding carboxylic acids is 2. The van der Waals surface area contributed by atoms with Crippen molar-refractivity contribution in [1.82, 2.24) is 24.3 Å². The summed E-state index contributed by atoms with van der Waals surface area (Å²) in [6, 6.07) is 15.4. The van der Waals surface area contributed by atoms with Gasteiger partial charge in [0.25, 0.3) is 11.5 Å². The standard InChI is InChI=1S/C38H39Cl2N7O6/c1-21(2)31-29-30(43-47(31)28-18-41-36(42-33(28)52-8)44(6)37(50)53-38(3,4)5)35(49)46(32(29)23-11-13-24(39)14-12-23)25-17-27(40)34(48)45(20-25)19-22-9-15-26(51-7)16-10-22/h9-18,20-21,32H,19H2,1-8H3. The molecule has 13 nitrogen and oxygen atoms in total. The molecule has 1 aliphatic heterocycles. The van der Waals surface area contributed by atoms with Gasteiger partial charge in [-0.05, 0) is 68.1 Å². The largest absolute Gasteiger partial charge is 0.497 e. The average Bonchev–Trinajstić information content (AvgIpc) is 3.64. The minimum atomic E-state index is -0.725. The lowest BCUT2D eigenvalue weighted by Gasteiger charge is -2.28. The number of fused-ring (bicyclic) bond motifs is 1. The van der Waals surface area contributed by atoms with Crippen molar-refractivity contribution < 1.29 is 23.8 Å². The van der Waals surface area contributed by atoms with Crippen LogP contribution in [0.2, 0.25) is 10.0 Å². The van der Waals surface area contributed by atoms with Crippen LogP contribution in [0.5, 0.6) is 11.6 Å². The van der Waals surface area contributed by atoms with Crippen LogP contribution >= 0.6 is 23.2 Å². The van der Waals surface area contributed by atoms with Gasteiger partial charge in [-0.3, -0.25) is 14.5 Å². The summed E-state index contributed by atoms with van der Waals surface area (Å²) >= 11 is 12.9. The summed E-state index contributed by atoms with van der Waals surface area (Å²) in [5, 5.41) is 5.35. The van der Waals surface area contributed by atoms with Crippen LogP contribution in [-0.2, 0) is 11.3 Å². The fraction of sp³-hybridized carbons (Fsp3) is 0.316. The van der Waals surface area contributed by atoms with Crippen LogP contribution in [0.1, 0.15) is 79.5 Å². The summed E-state index contributed by atoms with van der Waals surface area (Å²) in [5.74, 6) is 0.278. The number of methoxy groups -OCH3 is 2. The van der Waals surface area contributed by atoms with E-state index in [1.165, 1.54) is 35.9 Å². The molecule has 0 radical (unpaired) electrons. The van der Waals surface area contributed by atoms with E-state index in [2.05, 4.69) is 9.97 Å². The zero-order chi connectivity index (χ0) is 38.4. The number of aromatic nitrogens is 5. The van der Waals surface area contributed by atoms with Crippen molar-refractivity contribution in [2.75, 3.05) is 31.1 Å². The number of rotatable bonds is 9. The SMILES string of the molecule is COc1ccc(Cn2cc(N3C(=O)c4nn(-c5cnc(N(C)C(=O)OC(C)(C)C)nc5OC)c(C(C)C)c4C3c3ccc(Cl)cc3)cc(Cl)c2=O)cc1. The van der Waals surface area contributed by atoms with Crippen molar-refractivity contribution in [2.45, 2.75) is 58.7 Å². The van der Waals surface area contributed by atoms with Gasteiger partial charge in [0.2, 0.25) is 11.8 Å². The third-order valence-electron chi connectivity index (χ3n) is 8.57. The topological polar surface area (TPSA) is 134 Å². The van der Waals surface area contributed by atoms with Gasteiger partial charge in [-0.1, -0.05) is 61.3 Å². The third-order valence-corrected chi connectivity index (χ3v) is 9.10. The summed E-state index contributed by atoms with van der Waals surface area (Å²) in [6.45, 7) is 9.48. The molecule has 1 unspecified atom stereocenters. The van der Waals surface area contributed by atoms with E-state index in [-0.39, 0.29) is 35.0 Å². The third kappa shape index (κ3) is 7.31. The molecule has 2 amide bonds. The number of benzene rings is 2. The zero-order valence-corrected chi connectivity index (χ0v) is 32.1. The van der Waals surface area contributed by atoms with Crippen molar-refractivity contribution in [1.29, 1.82) is 0 Å². The molecule has 0 saturated carbocycles. The summed E-state index contributed by atoms with van der Waals surface area (Å²) in [4.78, 5) is 52.5. The Balaban J connectivity index is 1.48. The molecule has 1 aliphatic rings. The fourth-order valence-corrected chi connectivity index (χ4v) is 6.53. The highest BCUT2D eigenvalue weighted by atomic mass is 35.5. The zero-order valence-electron chi connectivity index (χ0n) is 30.5. The molecule has 1 atom stereocenters. The van der Waals surface area contributed by atoms with Gasteiger partial charge >= 0.3 is 6.09 Å². The normalized spacial score (nSPS) is 14.1. The monoisotopic (exact) mass is 759 g/mol. The summed E-state index contributed by atoms with van der Waals surface area (Å²) in [7, 11) is 4.53. The predicted octanol–water partition coefficient (Wildman–Crippen LogP) is 7.44. The Morgan fingerprint density at radius 3 is 2.28 bits per heavy atom. The van der Waals surface area contributed by atoms with E-state index in [1.807, 2.05) is 50.2 Å². The molecule has 0 spiro atoms.